The SMILES string of the molecule is COc1ccc(-c2[nH]c3ccc(OC)cc3c2F)c(O)c1. The van der Waals surface area contributed by atoms with Gasteiger partial charge < -0.3 is 19.6 Å². The number of rotatable bonds is 3. The number of halogens is 1. The highest BCUT2D eigenvalue weighted by molar-refractivity contribution is 5.89. The molecule has 3 aromatic rings. The number of phenolic OH excluding ortho intramolecular Hbond substituents is 1. The third-order valence-electron chi connectivity index (χ3n) is 3.42. The molecule has 4 nitrogen and oxygen atoms in total. The Morgan fingerprint density at radius 2 is 1.67 bits per heavy atom. The summed E-state index contributed by atoms with van der Waals surface area (Å²) in [7, 11) is 3.03. The zero-order chi connectivity index (χ0) is 15.0. The normalized spacial score (nSPS) is 10.8. The van der Waals surface area contributed by atoms with E-state index in [0.29, 0.717) is 28.0 Å². The molecule has 0 fully saturated rings. The number of ether oxygens (including phenoxy) is 2. The first kappa shape index (κ1) is 13.3. The molecular formula is C16H14FNO3. The molecule has 0 bridgehead atoms. The number of phenols is 1. The van der Waals surface area contributed by atoms with E-state index in [1.54, 1.807) is 30.3 Å². The molecular weight excluding hydrogens is 273 g/mol. The van der Waals surface area contributed by atoms with Crippen molar-refractivity contribution in [3.63, 3.8) is 0 Å². The van der Waals surface area contributed by atoms with Crippen molar-refractivity contribution >= 4 is 10.9 Å². The van der Waals surface area contributed by atoms with Crippen molar-refractivity contribution in [1.29, 1.82) is 0 Å². The van der Waals surface area contributed by atoms with Crippen LogP contribution in [0.2, 0.25) is 0 Å². The molecule has 5 heteroatoms. The van der Waals surface area contributed by atoms with Gasteiger partial charge in [-0.05, 0) is 30.3 Å². The van der Waals surface area contributed by atoms with Crippen LogP contribution in [-0.2, 0) is 0 Å². The van der Waals surface area contributed by atoms with Gasteiger partial charge in [-0.15, -0.1) is 0 Å². The van der Waals surface area contributed by atoms with Crippen LogP contribution in [0.5, 0.6) is 17.2 Å². The molecule has 0 saturated carbocycles. The Morgan fingerprint density at radius 3 is 2.33 bits per heavy atom. The summed E-state index contributed by atoms with van der Waals surface area (Å²) in [4.78, 5) is 2.98. The quantitative estimate of drug-likeness (QED) is 0.772. The van der Waals surface area contributed by atoms with Crippen molar-refractivity contribution in [2.75, 3.05) is 14.2 Å². The van der Waals surface area contributed by atoms with Crippen LogP contribution in [0.25, 0.3) is 22.2 Å². The maximum absolute atomic E-state index is 14.6. The van der Waals surface area contributed by atoms with Crippen molar-refractivity contribution in [2.24, 2.45) is 0 Å². The predicted molar refractivity (Wildman–Crippen MR) is 78.5 cm³/mol. The minimum absolute atomic E-state index is 0.0493. The highest BCUT2D eigenvalue weighted by Crippen LogP contribution is 2.36. The lowest BCUT2D eigenvalue weighted by Gasteiger charge is -2.05. The van der Waals surface area contributed by atoms with E-state index >= 15 is 0 Å². The van der Waals surface area contributed by atoms with Gasteiger partial charge in [0.05, 0.1) is 19.9 Å². The molecule has 0 unspecified atom stereocenters. The molecule has 108 valence electrons. The minimum atomic E-state index is -0.427. The van der Waals surface area contributed by atoms with E-state index in [1.807, 2.05) is 0 Å². The van der Waals surface area contributed by atoms with E-state index in [4.69, 9.17) is 9.47 Å². The topological polar surface area (TPSA) is 54.5 Å². The lowest BCUT2D eigenvalue weighted by molar-refractivity contribution is 0.408. The number of hydrogen-bond acceptors (Lipinski definition) is 3. The van der Waals surface area contributed by atoms with Crippen LogP contribution in [0.4, 0.5) is 4.39 Å². The highest BCUT2D eigenvalue weighted by Gasteiger charge is 2.16. The van der Waals surface area contributed by atoms with Gasteiger partial charge >= 0.3 is 0 Å². The van der Waals surface area contributed by atoms with E-state index in [1.165, 1.54) is 20.3 Å². The van der Waals surface area contributed by atoms with Crippen LogP contribution in [0.1, 0.15) is 0 Å². The second-order valence-corrected chi connectivity index (χ2v) is 4.61. The fourth-order valence-electron chi connectivity index (χ4n) is 2.30. The summed E-state index contributed by atoms with van der Waals surface area (Å²) in [6.07, 6.45) is 0. The van der Waals surface area contributed by atoms with E-state index in [9.17, 15) is 9.50 Å². The Labute approximate surface area is 120 Å². The summed E-state index contributed by atoms with van der Waals surface area (Å²) in [5, 5.41) is 10.5. The van der Waals surface area contributed by atoms with Gasteiger partial charge in [0.25, 0.3) is 0 Å². The van der Waals surface area contributed by atoms with E-state index in [-0.39, 0.29) is 11.4 Å². The summed E-state index contributed by atoms with van der Waals surface area (Å²) in [5.41, 5.74) is 1.25. The molecule has 21 heavy (non-hydrogen) atoms. The Hall–Kier alpha value is -2.69. The van der Waals surface area contributed by atoms with Gasteiger partial charge in [0.1, 0.15) is 17.2 Å². The van der Waals surface area contributed by atoms with Gasteiger partial charge in [0.2, 0.25) is 0 Å². The van der Waals surface area contributed by atoms with Crippen LogP contribution < -0.4 is 9.47 Å². The molecule has 0 aliphatic rings. The molecule has 2 aromatic carbocycles. The number of aromatic nitrogens is 1. The first-order chi connectivity index (χ1) is 10.1. The largest absolute Gasteiger partial charge is 0.507 e. The molecule has 0 saturated heterocycles. The molecule has 2 N–H and O–H groups in total. The number of H-pyrrole nitrogens is 1. The highest BCUT2D eigenvalue weighted by atomic mass is 19.1. The average molecular weight is 287 g/mol. The number of hydrogen-bond donors (Lipinski definition) is 2. The Bertz CT molecular complexity index is 811. The lowest BCUT2D eigenvalue weighted by Crippen LogP contribution is -1.86. The van der Waals surface area contributed by atoms with Gasteiger partial charge in [-0.1, -0.05) is 0 Å². The van der Waals surface area contributed by atoms with Gasteiger partial charge in [0, 0.05) is 22.5 Å². The summed E-state index contributed by atoms with van der Waals surface area (Å²) in [6.45, 7) is 0. The molecule has 0 spiro atoms. The maximum Gasteiger partial charge on any atom is 0.156 e. The number of benzene rings is 2. The van der Waals surface area contributed by atoms with Crippen molar-refractivity contribution < 1.29 is 19.0 Å². The summed E-state index contributed by atoms with van der Waals surface area (Å²) < 4.78 is 24.7. The van der Waals surface area contributed by atoms with Crippen molar-refractivity contribution in [2.45, 2.75) is 0 Å². The maximum atomic E-state index is 14.6. The number of fused-ring (bicyclic) bond motifs is 1. The molecule has 0 aliphatic heterocycles. The molecule has 0 aliphatic carbocycles. The fraction of sp³-hybridized carbons (Fsp3) is 0.125. The van der Waals surface area contributed by atoms with Crippen LogP contribution in [0.15, 0.2) is 36.4 Å². The number of aromatic hydroxyl groups is 1. The molecule has 0 atom stereocenters. The second kappa shape index (κ2) is 5.01. The smallest absolute Gasteiger partial charge is 0.156 e. The zero-order valence-corrected chi connectivity index (χ0v) is 11.6. The monoisotopic (exact) mass is 287 g/mol. The molecule has 0 amide bonds. The van der Waals surface area contributed by atoms with Crippen LogP contribution in [0.3, 0.4) is 0 Å². The Balaban J connectivity index is 2.18. The third kappa shape index (κ3) is 2.16. The first-order valence-corrected chi connectivity index (χ1v) is 6.36. The van der Waals surface area contributed by atoms with Crippen molar-refractivity contribution in [3.8, 4) is 28.5 Å². The first-order valence-electron chi connectivity index (χ1n) is 6.36. The van der Waals surface area contributed by atoms with Crippen molar-refractivity contribution in [1.82, 2.24) is 4.98 Å². The second-order valence-electron chi connectivity index (χ2n) is 4.61. The predicted octanol–water partition coefficient (Wildman–Crippen LogP) is 3.70. The number of aromatic amines is 1. The minimum Gasteiger partial charge on any atom is -0.507 e. The summed E-state index contributed by atoms with van der Waals surface area (Å²) in [5.74, 6) is 0.608. The summed E-state index contributed by atoms with van der Waals surface area (Å²) in [6, 6.07) is 9.82. The van der Waals surface area contributed by atoms with Gasteiger partial charge in [-0.3, -0.25) is 0 Å². The third-order valence-corrected chi connectivity index (χ3v) is 3.42. The Kier molecular flexibility index (Phi) is 3.17. The Morgan fingerprint density at radius 1 is 1.00 bits per heavy atom. The fourth-order valence-corrected chi connectivity index (χ4v) is 2.30. The number of methoxy groups -OCH3 is 2. The standard InChI is InChI=1S/C16H14FNO3/c1-20-9-4-6-13-12(7-9)15(17)16(18-13)11-5-3-10(21-2)8-14(11)19/h3-8,18-19H,1-2H3. The van der Waals surface area contributed by atoms with E-state index in [0.717, 1.165) is 0 Å². The lowest BCUT2D eigenvalue weighted by atomic mass is 10.1. The van der Waals surface area contributed by atoms with E-state index in [2.05, 4.69) is 4.98 Å². The van der Waals surface area contributed by atoms with Gasteiger partial charge in [-0.25, -0.2) is 4.39 Å². The zero-order valence-electron chi connectivity index (χ0n) is 11.6. The molecule has 0 radical (unpaired) electrons. The van der Waals surface area contributed by atoms with E-state index < -0.39 is 5.82 Å². The average Bonchev–Trinajstić information content (AvgIpc) is 2.83. The molecule has 1 aromatic heterocycles. The van der Waals surface area contributed by atoms with Crippen LogP contribution in [-0.4, -0.2) is 24.3 Å². The summed E-state index contributed by atoms with van der Waals surface area (Å²) >= 11 is 0. The number of nitrogens with one attached hydrogen (secondary N) is 1. The molecule has 1 heterocycles. The van der Waals surface area contributed by atoms with Gasteiger partial charge in [-0.2, -0.15) is 0 Å². The van der Waals surface area contributed by atoms with Crippen molar-refractivity contribution in [3.05, 3.63) is 42.2 Å². The van der Waals surface area contributed by atoms with Gasteiger partial charge in [0.15, 0.2) is 5.82 Å². The molecule has 3 rings (SSSR count). The van der Waals surface area contributed by atoms with Crippen LogP contribution >= 0.6 is 0 Å². The van der Waals surface area contributed by atoms with Crippen LogP contribution in [0, 0.1) is 5.82 Å².